The molecule has 0 atom stereocenters. The normalized spacial score (nSPS) is 11.0. The van der Waals surface area contributed by atoms with E-state index in [0.29, 0.717) is 25.3 Å². The Labute approximate surface area is 174 Å². The number of guanidine groups is 1. The molecule has 0 fully saturated rings. The first kappa shape index (κ1) is 21.8. The Hall–Kier alpha value is -2.54. The van der Waals surface area contributed by atoms with Crippen LogP contribution >= 0.6 is 15.9 Å². The zero-order chi connectivity index (χ0) is 20.2. The van der Waals surface area contributed by atoms with Crippen molar-refractivity contribution in [3.05, 3.63) is 64.1 Å². The molecule has 0 aliphatic carbocycles. The molecule has 6 nitrogen and oxygen atoms in total. The van der Waals surface area contributed by atoms with Crippen molar-refractivity contribution in [3.63, 3.8) is 0 Å². The maximum absolute atomic E-state index is 11.7. The SMILES string of the molecule is CCNC(=NCCc1cccc(C(=O)NC)c1)NCCOc1ccc(Br)cc1. The molecule has 2 rings (SSSR count). The summed E-state index contributed by atoms with van der Waals surface area (Å²) >= 11 is 3.41. The van der Waals surface area contributed by atoms with Gasteiger partial charge in [-0.1, -0.05) is 28.1 Å². The van der Waals surface area contributed by atoms with Crippen molar-refractivity contribution in [2.45, 2.75) is 13.3 Å². The zero-order valence-corrected chi connectivity index (χ0v) is 17.9. The van der Waals surface area contributed by atoms with Gasteiger partial charge in [0.15, 0.2) is 5.96 Å². The Morgan fingerprint density at radius 3 is 2.64 bits per heavy atom. The van der Waals surface area contributed by atoms with Crippen LogP contribution in [0.3, 0.4) is 0 Å². The number of carbonyl (C=O) groups excluding carboxylic acids is 1. The van der Waals surface area contributed by atoms with Gasteiger partial charge in [0.25, 0.3) is 5.91 Å². The number of aliphatic imine (C=N–C) groups is 1. The second-order valence-electron chi connectivity index (χ2n) is 6.02. The predicted octanol–water partition coefficient (Wildman–Crippen LogP) is 2.99. The molecule has 3 N–H and O–H groups in total. The molecule has 2 aromatic carbocycles. The van der Waals surface area contributed by atoms with Crippen LogP contribution in [0.4, 0.5) is 0 Å². The number of nitrogens with one attached hydrogen (secondary N) is 3. The molecule has 7 heteroatoms. The van der Waals surface area contributed by atoms with Gasteiger partial charge in [-0.05, 0) is 55.3 Å². The molecule has 0 aliphatic heterocycles. The van der Waals surface area contributed by atoms with Gasteiger partial charge < -0.3 is 20.7 Å². The van der Waals surface area contributed by atoms with E-state index in [1.54, 1.807) is 7.05 Å². The number of hydrogen-bond acceptors (Lipinski definition) is 3. The fraction of sp³-hybridized carbons (Fsp3) is 0.333. The van der Waals surface area contributed by atoms with E-state index in [4.69, 9.17) is 4.74 Å². The summed E-state index contributed by atoms with van der Waals surface area (Å²) in [7, 11) is 1.63. The quantitative estimate of drug-likeness (QED) is 0.314. The van der Waals surface area contributed by atoms with Gasteiger partial charge in [-0.2, -0.15) is 0 Å². The minimum atomic E-state index is -0.0777. The van der Waals surface area contributed by atoms with Crippen LogP contribution in [0.15, 0.2) is 58.0 Å². The molecule has 150 valence electrons. The lowest BCUT2D eigenvalue weighted by Gasteiger charge is -2.12. The van der Waals surface area contributed by atoms with E-state index in [0.717, 1.165) is 34.7 Å². The standard InChI is InChI=1S/C21H27BrN4O2/c1-3-24-21(26-13-14-28-19-9-7-18(22)8-10-19)25-12-11-16-5-4-6-17(15-16)20(27)23-2/h4-10,15H,3,11-14H2,1-2H3,(H,23,27)(H2,24,25,26). The first-order chi connectivity index (χ1) is 13.6. The molecule has 0 aliphatic rings. The predicted molar refractivity (Wildman–Crippen MR) is 117 cm³/mol. The second kappa shape index (κ2) is 12.0. The summed E-state index contributed by atoms with van der Waals surface area (Å²) in [6.07, 6.45) is 0.761. The van der Waals surface area contributed by atoms with Crippen molar-refractivity contribution >= 4 is 27.8 Å². The minimum Gasteiger partial charge on any atom is -0.492 e. The van der Waals surface area contributed by atoms with Crippen LogP contribution in [0.1, 0.15) is 22.8 Å². The third-order valence-corrected chi connectivity index (χ3v) is 4.44. The Kier molecular flexibility index (Phi) is 9.34. The molecule has 0 heterocycles. The lowest BCUT2D eigenvalue weighted by molar-refractivity contribution is 0.0963. The monoisotopic (exact) mass is 446 g/mol. The Morgan fingerprint density at radius 2 is 1.93 bits per heavy atom. The maximum Gasteiger partial charge on any atom is 0.251 e. The van der Waals surface area contributed by atoms with Crippen molar-refractivity contribution < 1.29 is 9.53 Å². The fourth-order valence-corrected chi connectivity index (χ4v) is 2.78. The zero-order valence-electron chi connectivity index (χ0n) is 16.3. The molecule has 28 heavy (non-hydrogen) atoms. The minimum absolute atomic E-state index is 0.0777. The summed E-state index contributed by atoms with van der Waals surface area (Å²) in [5.41, 5.74) is 1.75. The molecule has 1 amide bonds. The van der Waals surface area contributed by atoms with Gasteiger partial charge in [0.1, 0.15) is 12.4 Å². The van der Waals surface area contributed by atoms with Crippen LogP contribution in [0.5, 0.6) is 5.75 Å². The lowest BCUT2D eigenvalue weighted by Crippen LogP contribution is -2.39. The van der Waals surface area contributed by atoms with E-state index >= 15 is 0 Å². The number of benzene rings is 2. The molecular formula is C21H27BrN4O2. The number of halogens is 1. The lowest BCUT2D eigenvalue weighted by atomic mass is 10.1. The highest BCUT2D eigenvalue weighted by Crippen LogP contribution is 2.15. The summed E-state index contributed by atoms with van der Waals surface area (Å²) in [6.45, 7) is 4.63. The molecular weight excluding hydrogens is 420 g/mol. The van der Waals surface area contributed by atoms with Crippen molar-refractivity contribution in [3.8, 4) is 5.75 Å². The highest BCUT2D eigenvalue weighted by Gasteiger charge is 2.04. The second-order valence-corrected chi connectivity index (χ2v) is 6.93. The van der Waals surface area contributed by atoms with E-state index < -0.39 is 0 Å². The smallest absolute Gasteiger partial charge is 0.251 e. The fourth-order valence-electron chi connectivity index (χ4n) is 2.52. The number of amides is 1. The molecule has 0 radical (unpaired) electrons. The van der Waals surface area contributed by atoms with Gasteiger partial charge in [0.2, 0.25) is 0 Å². The highest BCUT2D eigenvalue weighted by atomic mass is 79.9. The van der Waals surface area contributed by atoms with Crippen LogP contribution in [0, 0.1) is 0 Å². The molecule has 0 spiro atoms. The van der Waals surface area contributed by atoms with Crippen molar-refractivity contribution in [2.75, 3.05) is 33.3 Å². The van der Waals surface area contributed by atoms with Crippen LogP contribution in [0.25, 0.3) is 0 Å². The van der Waals surface area contributed by atoms with Crippen molar-refractivity contribution in [1.29, 1.82) is 0 Å². The molecule has 2 aromatic rings. The van der Waals surface area contributed by atoms with Gasteiger partial charge in [-0.15, -0.1) is 0 Å². The van der Waals surface area contributed by atoms with Gasteiger partial charge in [-0.25, -0.2) is 0 Å². The summed E-state index contributed by atoms with van der Waals surface area (Å²) in [6, 6.07) is 15.4. The average molecular weight is 447 g/mol. The van der Waals surface area contributed by atoms with E-state index in [2.05, 4.69) is 36.9 Å². The number of hydrogen-bond donors (Lipinski definition) is 3. The first-order valence-corrected chi connectivity index (χ1v) is 10.1. The topological polar surface area (TPSA) is 74.8 Å². The van der Waals surface area contributed by atoms with Gasteiger partial charge in [0.05, 0.1) is 6.54 Å². The van der Waals surface area contributed by atoms with Gasteiger partial charge in [-0.3, -0.25) is 9.79 Å². The van der Waals surface area contributed by atoms with Crippen LogP contribution in [0.2, 0.25) is 0 Å². The summed E-state index contributed by atoms with van der Waals surface area (Å²) in [5.74, 6) is 1.51. The van der Waals surface area contributed by atoms with Crippen LogP contribution < -0.4 is 20.7 Å². The van der Waals surface area contributed by atoms with Crippen molar-refractivity contribution in [2.24, 2.45) is 4.99 Å². The Balaban J connectivity index is 1.79. The van der Waals surface area contributed by atoms with E-state index in [-0.39, 0.29) is 5.91 Å². The summed E-state index contributed by atoms with van der Waals surface area (Å²) in [5, 5.41) is 9.14. The van der Waals surface area contributed by atoms with E-state index in [9.17, 15) is 4.79 Å². The summed E-state index contributed by atoms with van der Waals surface area (Å²) < 4.78 is 6.73. The highest BCUT2D eigenvalue weighted by molar-refractivity contribution is 9.10. The molecule has 0 saturated heterocycles. The number of carbonyl (C=O) groups is 1. The summed E-state index contributed by atoms with van der Waals surface area (Å²) in [4.78, 5) is 16.3. The molecule has 0 unspecified atom stereocenters. The largest absolute Gasteiger partial charge is 0.492 e. The van der Waals surface area contributed by atoms with Crippen molar-refractivity contribution in [1.82, 2.24) is 16.0 Å². The average Bonchev–Trinajstić information content (AvgIpc) is 2.72. The van der Waals surface area contributed by atoms with Crippen LogP contribution in [-0.4, -0.2) is 45.2 Å². The number of rotatable bonds is 9. The van der Waals surface area contributed by atoms with Gasteiger partial charge in [0, 0.05) is 30.2 Å². The Morgan fingerprint density at radius 1 is 1.14 bits per heavy atom. The van der Waals surface area contributed by atoms with Gasteiger partial charge >= 0.3 is 0 Å². The van der Waals surface area contributed by atoms with Crippen LogP contribution in [-0.2, 0) is 6.42 Å². The number of nitrogens with zero attached hydrogens (tertiary/aromatic N) is 1. The maximum atomic E-state index is 11.7. The Bertz CT molecular complexity index is 778. The van der Waals surface area contributed by atoms with E-state index in [1.165, 1.54) is 0 Å². The third-order valence-electron chi connectivity index (χ3n) is 3.91. The third kappa shape index (κ3) is 7.60. The molecule has 0 saturated carbocycles. The molecule has 0 aromatic heterocycles. The first-order valence-electron chi connectivity index (χ1n) is 9.34. The van der Waals surface area contributed by atoms with E-state index in [1.807, 2.05) is 55.5 Å². The number of ether oxygens (including phenoxy) is 1. The molecule has 0 bridgehead atoms.